The second-order valence-corrected chi connectivity index (χ2v) is 7.48. The van der Waals surface area contributed by atoms with Gasteiger partial charge >= 0.3 is 0 Å². The molecule has 1 heterocycles. The zero-order chi connectivity index (χ0) is 19.8. The Bertz CT molecular complexity index is 874. The Balaban J connectivity index is 1.55. The van der Waals surface area contributed by atoms with Crippen molar-refractivity contribution in [2.75, 3.05) is 6.61 Å². The molecule has 1 N–H and O–H groups in total. The number of carbonyl (C=O) groups excluding carboxylic acids is 1. The zero-order valence-corrected chi connectivity index (χ0v) is 16.6. The lowest BCUT2D eigenvalue weighted by atomic mass is 10.1. The molecule has 0 unspecified atom stereocenters. The molecule has 144 valence electrons. The van der Waals surface area contributed by atoms with Crippen LogP contribution in [0.1, 0.15) is 23.6 Å². The van der Waals surface area contributed by atoms with Gasteiger partial charge < -0.3 is 10.1 Å². The van der Waals surface area contributed by atoms with Crippen LogP contribution in [-0.4, -0.2) is 29.1 Å². The number of ether oxygens (including phenoxy) is 1. The van der Waals surface area contributed by atoms with Crippen LogP contribution >= 0.6 is 11.8 Å². The van der Waals surface area contributed by atoms with Crippen LogP contribution in [0, 0.1) is 0 Å². The van der Waals surface area contributed by atoms with Crippen LogP contribution in [0.15, 0.2) is 71.4 Å². The number of hydrogen-bond acceptors (Lipinski definition) is 5. The van der Waals surface area contributed by atoms with Gasteiger partial charge in [0.25, 0.3) is 0 Å². The van der Waals surface area contributed by atoms with E-state index in [4.69, 9.17) is 4.74 Å². The number of benzene rings is 2. The molecule has 1 aliphatic rings. The fourth-order valence-electron chi connectivity index (χ4n) is 2.66. The molecule has 6 heteroatoms. The third-order valence-corrected chi connectivity index (χ3v) is 5.30. The zero-order valence-electron chi connectivity index (χ0n) is 15.8. The van der Waals surface area contributed by atoms with Crippen molar-refractivity contribution in [3.8, 4) is 5.75 Å². The fourth-order valence-corrected chi connectivity index (χ4v) is 3.63. The third kappa shape index (κ3) is 5.57. The number of nitrogens with one attached hydrogen (secondary N) is 1. The Morgan fingerprint density at radius 2 is 1.86 bits per heavy atom. The van der Waals surface area contributed by atoms with Crippen LogP contribution in [0.3, 0.4) is 0 Å². The Hall–Kier alpha value is -2.86. The number of carbonyl (C=O) groups is 1. The predicted molar refractivity (Wildman–Crippen MR) is 116 cm³/mol. The highest BCUT2D eigenvalue weighted by Crippen LogP contribution is 2.23. The van der Waals surface area contributed by atoms with E-state index in [2.05, 4.69) is 53.3 Å². The van der Waals surface area contributed by atoms with Gasteiger partial charge in [0.15, 0.2) is 5.17 Å². The minimum absolute atomic E-state index is 0.0257. The quantitative estimate of drug-likeness (QED) is 0.419. The molecule has 28 heavy (non-hydrogen) atoms. The number of rotatable bonds is 8. The van der Waals surface area contributed by atoms with Gasteiger partial charge in [-0.3, -0.25) is 4.79 Å². The molecule has 0 saturated carbocycles. The Labute approximate surface area is 169 Å². The van der Waals surface area contributed by atoms with E-state index in [1.54, 1.807) is 12.3 Å². The predicted octanol–water partition coefficient (Wildman–Crippen LogP) is 3.98. The number of aryl methyl sites for hydroxylation is 1. The molecule has 2 aromatic rings. The molecule has 0 bridgehead atoms. The largest absolute Gasteiger partial charge is 0.490 e. The normalized spacial score (nSPS) is 17.8. The van der Waals surface area contributed by atoms with E-state index in [1.807, 2.05) is 24.3 Å². The molecule has 0 aromatic heterocycles. The molecule has 1 amide bonds. The van der Waals surface area contributed by atoms with Gasteiger partial charge in [0.2, 0.25) is 5.91 Å². The molecule has 5 nitrogen and oxygen atoms in total. The smallest absolute Gasteiger partial charge is 0.239 e. The second-order valence-electron chi connectivity index (χ2n) is 6.29. The summed E-state index contributed by atoms with van der Waals surface area (Å²) in [7, 11) is 0. The van der Waals surface area contributed by atoms with Crippen LogP contribution in [0.4, 0.5) is 0 Å². The molecule has 1 fully saturated rings. The van der Waals surface area contributed by atoms with Gasteiger partial charge in [-0.2, -0.15) is 5.10 Å². The molecule has 2 aromatic carbocycles. The standard InChI is InChI=1S/C22H23N3O2S/c1-3-13-27-19-11-9-18(10-12-19)15-23-25-22-24-21(26)20(28-22)14-17-7-5-16(4-2)6-8-17/h3,5-12,15,20H,1,4,13-14H2,2H3,(H,24,25,26)/b23-15-/t20-/m0/s1. The lowest BCUT2D eigenvalue weighted by molar-refractivity contribution is -0.118. The number of amidine groups is 1. The Morgan fingerprint density at radius 3 is 2.54 bits per heavy atom. The molecule has 0 radical (unpaired) electrons. The summed E-state index contributed by atoms with van der Waals surface area (Å²) in [6, 6.07) is 15.9. The first-order valence-electron chi connectivity index (χ1n) is 9.18. The van der Waals surface area contributed by atoms with Crippen molar-refractivity contribution in [1.82, 2.24) is 5.32 Å². The third-order valence-electron chi connectivity index (χ3n) is 4.23. The number of hydrogen-bond donors (Lipinski definition) is 1. The summed E-state index contributed by atoms with van der Waals surface area (Å²) in [6.07, 6.45) is 5.04. The first kappa shape index (κ1) is 19.9. The highest BCUT2D eigenvalue weighted by atomic mass is 32.2. The van der Waals surface area contributed by atoms with E-state index in [0.717, 1.165) is 23.3 Å². The highest BCUT2D eigenvalue weighted by molar-refractivity contribution is 8.15. The van der Waals surface area contributed by atoms with Crippen molar-refractivity contribution < 1.29 is 9.53 Å². The van der Waals surface area contributed by atoms with Crippen LogP contribution < -0.4 is 10.1 Å². The maximum Gasteiger partial charge on any atom is 0.239 e. The van der Waals surface area contributed by atoms with Gasteiger partial charge in [0, 0.05) is 0 Å². The molecule has 0 aliphatic carbocycles. The number of thioether (sulfide) groups is 1. The molecule has 1 saturated heterocycles. The van der Waals surface area contributed by atoms with Crippen molar-refractivity contribution in [3.05, 3.63) is 77.9 Å². The van der Waals surface area contributed by atoms with Crippen molar-refractivity contribution in [1.29, 1.82) is 0 Å². The van der Waals surface area contributed by atoms with Crippen LogP contribution in [0.5, 0.6) is 5.75 Å². The van der Waals surface area contributed by atoms with Crippen molar-refractivity contribution in [2.45, 2.75) is 25.0 Å². The number of nitrogens with zero attached hydrogens (tertiary/aromatic N) is 2. The number of amides is 1. The molecule has 1 atom stereocenters. The Morgan fingerprint density at radius 1 is 1.14 bits per heavy atom. The minimum Gasteiger partial charge on any atom is -0.490 e. The highest BCUT2D eigenvalue weighted by Gasteiger charge is 2.30. The summed E-state index contributed by atoms with van der Waals surface area (Å²) < 4.78 is 5.44. The van der Waals surface area contributed by atoms with E-state index in [0.29, 0.717) is 18.2 Å². The van der Waals surface area contributed by atoms with Gasteiger partial charge in [0.05, 0.1) is 11.5 Å². The topological polar surface area (TPSA) is 63.1 Å². The van der Waals surface area contributed by atoms with E-state index < -0.39 is 0 Å². The summed E-state index contributed by atoms with van der Waals surface area (Å²) in [5, 5.41) is 11.4. The SMILES string of the molecule is C=CCOc1ccc(/C=N\N=C2NC(=O)[C@H](Cc3ccc(CC)cc3)S2)cc1. The molecular weight excluding hydrogens is 370 g/mol. The van der Waals surface area contributed by atoms with Crippen LogP contribution in [0.25, 0.3) is 0 Å². The second kappa shape index (κ2) is 9.90. The van der Waals surface area contributed by atoms with Gasteiger partial charge in [0.1, 0.15) is 12.4 Å². The van der Waals surface area contributed by atoms with E-state index in [9.17, 15) is 4.79 Å². The van der Waals surface area contributed by atoms with Crippen molar-refractivity contribution >= 4 is 29.1 Å². The van der Waals surface area contributed by atoms with Gasteiger partial charge in [-0.25, -0.2) is 0 Å². The maximum absolute atomic E-state index is 12.2. The van der Waals surface area contributed by atoms with Gasteiger partial charge in [-0.15, -0.1) is 5.10 Å². The monoisotopic (exact) mass is 393 g/mol. The van der Waals surface area contributed by atoms with Gasteiger partial charge in [-0.05, 0) is 53.8 Å². The average Bonchev–Trinajstić information content (AvgIpc) is 3.07. The lowest BCUT2D eigenvalue weighted by Crippen LogP contribution is -2.25. The summed E-state index contributed by atoms with van der Waals surface area (Å²) in [5.41, 5.74) is 3.34. The fraction of sp³-hybridized carbons (Fsp3) is 0.227. The lowest BCUT2D eigenvalue weighted by Gasteiger charge is -2.06. The molecule has 0 spiro atoms. The molecular formula is C22H23N3O2S. The van der Waals surface area contributed by atoms with E-state index >= 15 is 0 Å². The Kier molecular flexibility index (Phi) is 7.03. The van der Waals surface area contributed by atoms with Crippen molar-refractivity contribution in [3.63, 3.8) is 0 Å². The molecule has 1 aliphatic heterocycles. The summed E-state index contributed by atoms with van der Waals surface area (Å²) >= 11 is 1.42. The van der Waals surface area contributed by atoms with Crippen LogP contribution in [-0.2, 0) is 17.6 Å². The minimum atomic E-state index is -0.178. The first-order chi connectivity index (χ1) is 13.7. The first-order valence-corrected chi connectivity index (χ1v) is 10.1. The van der Waals surface area contributed by atoms with E-state index in [1.165, 1.54) is 17.3 Å². The maximum atomic E-state index is 12.2. The molecule has 3 rings (SSSR count). The summed E-state index contributed by atoms with van der Waals surface area (Å²) in [5.74, 6) is 0.749. The van der Waals surface area contributed by atoms with Crippen LogP contribution in [0.2, 0.25) is 0 Å². The van der Waals surface area contributed by atoms with Gasteiger partial charge in [-0.1, -0.05) is 55.6 Å². The summed E-state index contributed by atoms with van der Waals surface area (Å²) in [4.78, 5) is 12.2. The van der Waals surface area contributed by atoms with E-state index in [-0.39, 0.29) is 11.2 Å². The van der Waals surface area contributed by atoms with Crippen molar-refractivity contribution in [2.24, 2.45) is 10.2 Å². The average molecular weight is 394 g/mol. The summed E-state index contributed by atoms with van der Waals surface area (Å²) in [6.45, 7) is 6.22.